The van der Waals surface area contributed by atoms with Crippen molar-refractivity contribution < 1.29 is 19.4 Å². The van der Waals surface area contributed by atoms with Crippen molar-refractivity contribution in [3.63, 3.8) is 0 Å². The van der Waals surface area contributed by atoms with Gasteiger partial charge in [0.1, 0.15) is 5.75 Å². The monoisotopic (exact) mass is 264 g/mol. The van der Waals surface area contributed by atoms with Crippen LogP contribution in [-0.2, 0) is 9.59 Å². The molecule has 0 aliphatic carbocycles. The molecule has 1 aromatic rings. The molecule has 1 aliphatic heterocycles. The largest absolute Gasteiger partial charge is 0.495 e. The number of amides is 1. The zero-order chi connectivity index (χ0) is 13.8. The smallest absolute Gasteiger partial charge is 0.309 e. The molecule has 1 heterocycles. The maximum Gasteiger partial charge on any atom is 0.309 e. The summed E-state index contributed by atoms with van der Waals surface area (Å²) >= 11 is 0. The number of hydrogen-bond acceptors (Lipinski definition) is 4. The van der Waals surface area contributed by atoms with Crippen molar-refractivity contribution in [2.75, 3.05) is 31.6 Å². The van der Waals surface area contributed by atoms with E-state index in [4.69, 9.17) is 9.84 Å². The molecule has 0 saturated carbocycles. The van der Waals surface area contributed by atoms with Gasteiger partial charge in [-0.2, -0.15) is 0 Å². The second kappa shape index (κ2) is 5.71. The maximum absolute atomic E-state index is 12.1. The highest BCUT2D eigenvalue weighted by molar-refractivity contribution is 5.97. The van der Waals surface area contributed by atoms with Gasteiger partial charge in [-0.3, -0.25) is 9.59 Å². The number of carbonyl (C=O) groups is 2. The van der Waals surface area contributed by atoms with Crippen LogP contribution in [0.5, 0.6) is 5.75 Å². The van der Waals surface area contributed by atoms with Crippen LogP contribution in [0.1, 0.15) is 0 Å². The Morgan fingerprint density at radius 3 is 2.89 bits per heavy atom. The summed E-state index contributed by atoms with van der Waals surface area (Å²) in [6.45, 7) is 0.552. The average Bonchev–Trinajstić information content (AvgIpc) is 2.60. The lowest BCUT2D eigenvalue weighted by molar-refractivity contribution is -0.141. The molecule has 1 amide bonds. The Kier molecular flexibility index (Phi) is 4.01. The Morgan fingerprint density at radius 2 is 2.21 bits per heavy atom. The SMILES string of the molecule is COc1ccccc1N1CC(C(=O)O)CNCC1=O. The number of carboxylic acids is 1. The normalized spacial score (nSPS) is 19.9. The Labute approximate surface area is 111 Å². The van der Waals surface area contributed by atoms with Crippen LogP contribution >= 0.6 is 0 Å². The molecule has 1 fully saturated rings. The van der Waals surface area contributed by atoms with E-state index < -0.39 is 11.9 Å². The first-order valence-electron chi connectivity index (χ1n) is 6.00. The minimum atomic E-state index is -0.915. The topological polar surface area (TPSA) is 78.9 Å². The lowest BCUT2D eigenvalue weighted by atomic mass is 10.1. The molecule has 102 valence electrons. The second-order valence-electron chi connectivity index (χ2n) is 4.34. The van der Waals surface area contributed by atoms with Gasteiger partial charge >= 0.3 is 5.97 Å². The minimum Gasteiger partial charge on any atom is -0.495 e. The van der Waals surface area contributed by atoms with Gasteiger partial charge in [0.25, 0.3) is 0 Å². The van der Waals surface area contributed by atoms with E-state index in [1.165, 1.54) is 12.0 Å². The van der Waals surface area contributed by atoms with Gasteiger partial charge in [0.2, 0.25) is 5.91 Å². The van der Waals surface area contributed by atoms with Gasteiger partial charge in [-0.05, 0) is 12.1 Å². The summed E-state index contributed by atoms with van der Waals surface area (Å²) in [7, 11) is 1.52. The van der Waals surface area contributed by atoms with E-state index in [0.29, 0.717) is 11.4 Å². The Balaban J connectivity index is 2.33. The van der Waals surface area contributed by atoms with Crippen LogP contribution in [0.3, 0.4) is 0 Å². The number of benzene rings is 1. The number of hydrogen-bond donors (Lipinski definition) is 2. The van der Waals surface area contributed by atoms with E-state index in [1.807, 2.05) is 0 Å². The summed E-state index contributed by atoms with van der Waals surface area (Å²) in [5.41, 5.74) is 0.602. The van der Waals surface area contributed by atoms with Crippen LogP contribution in [0.4, 0.5) is 5.69 Å². The molecule has 6 nitrogen and oxygen atoms in total. The van der Waals surface area contributed by atoms with Gasteiger partial charge in [-0.25, -0.2) is 0 Å². The highest BCUT2D eigenvalue weighted by atomic mass is 16.5. The predicted octanol–water partition coefficient (Wildman–Crippen LogP) is 0.332. The van der Waals surface area contributed by atoms with E-state index in [2.05, 4.69) is 5.32 Å². The van der Waals surface area contributed by atoms with E-state index in [-0.39, 0.29) is 25.5 Å². The van der Waals surface area contributed by atoms with Crippen molar-refractivity contribution >= 4 is 17.6 Å². The molecule has 1 atom stereocenters. The third-order valence-corrected chi connectivity index (χ3v) is 3.10. The van der Waals surface area contributed by atoms with Crippen LogP contribution in [0.15, 0.2) is 24.3 Å². The van der Waals surface area contributed by atoms with Crippen molar-refractivity contribution in [3.8, 4) is 5.75 Å². The highest BCUT2D eigenvalue weighted by Crippen LogP contribution is 2.28. The van der Waals surface area contributed by atoms with E-state index in [9.17, 15) is 9.59 Å². The van der Waals surface area contributed by atoms with Gasteiger partial charge in [0.05, 0.1) is 25.3 Å². The molecule has 1 aromatic carbocycles. The number of aliphatic carboxylic acids is 1. The molecule has 1 unspecified atom stereocenters. The number of rotatable bonds is 3. The first-order chi connectivity index (χ1) is 9.13. The first-order valence-corrected chi connectivity index (χ1v) is 6.00. The molecule has 0 radical (unpaired) electrons. The minimum absolute atomic E-state index is 0.127. The molecule has 2 rings (SSSR count). The van der Waals surface area contributed by atoms with Crippen LogP contribution in [0, 0.1) is 5.92 Å². The molecule has 6 heteroatoms. The lowest BCUT2D eigenvalue weighted by Crippen LogP contribution is -2.37. The van der Waals surface area contributed by atoms with Crippen LogP contribution in [0.25, 0.3) is 0 Å². The second-order valence-corrected chi connectivity index (χ2v) is 4.34. The van der Waals surface area contributed by atoms with E-state index in [1.54, 1.807) is 24.3 Å². The third kappa shape index (κ3) is 2.85. The number of anilines is 1. The van der Waals surface area contributed by atoms with Crippen LogP contribution in [-0.4, -0.2) is 43.7 Å². The fourth-order valence-corrected chi connectivity index (χ4v) is 2.09. The molecule has 0 aromatic heterocycles. The fraction of sp³-hybridized carbons (Fsp3) is 0.385. The molecule has 0 spiro atoms. The molecule has 1 aliphatic rings. The maximum atomic E-state index is 12.1. The average molecular weight is 264 g/mol. The number of carboxylic acid groups (broad SMARTS) is 1. The summed E-state index contributed by atoms with van der Waals surface area (Å²) in [5, 5.41) is 12.0. The highest BCUT2D eigenvalue weighted by Gasteiger charge is 2.29. The number of methoxy groups -OCH3 is 1. The lowest BCUT2D eigenvalue weighted by Gasteiger charge is -2.24. The zero-order valence-corrected chi connectivity index (χ0v) is 10.6. The van der Waals surface area contributed by atoms with Gasteiger partial charge in [0.15, 0.2) is 0 Å². The summed E-state index contributed by atoms with van der Waals surface area (Å²) < 4.78 is 5.22. The summed E-state index contributed by atoms with van der Waals surface area (Å²) in [6.07, 6.45) is 0. The van der Waals surface area contributed by atoms with E-state index >= 15 is 0 Å². The number of para-hydroxylation sites is 2. The summed E-state index contributed by atoms with van der Waals surface area (Å²) in [4.78, 5) is 24.7. The number of carbonyl (C=O) groups excluding carboxylic acids is 1. The summed E-state index contributed by atoms with van der Waals surface area (Å²) in [5.74, 6) is -1.14. The standard InChI is InChI=1S/C13H16N2O4/c1-19-11-5-3-2-4-10(11)15-8-9(13(17)18)6-14-7-12(15)16/h2-5,9,14H,6-8H2,1H3,(H,17,18). The van der Waals surface area contributed by atoms with Crippen molar-refractivity contribution in [3.05, 3.63) is 24.3 Å². The van der Waals surface area contributed by atoms with Gasteiger partial charge in [-0.15, -0.1) is 0 Å². The number of ether oxygens (including phenoxy) is 1. The van der Waals surface area contributed by atoms with Crippen molar-refractivity contribution in [1.82, 2.24) is 5.32 Å². The Hall–Kier alpha value is -2.08. The zero-order valence-electron chi connectivity index (χ0n) is 10.6. The van der Waals surface area contributed by atoms with Crippen LogP contribution < -0.4 is 15.0 Å². The Bertz CT molecular complexity index is 489. The quantitative estimate of drug-likeness (QED) is 0.822. The van der Waals surface area contributed by atoms with Crippen molar-refractivity contribution in [2.45, 2.75) is 0 Å². The molecular weight excluding hydrogens is 248 g/mol. The fourth-order valence-electron chi connectivity index (χ4n) is 2.09. The predicted molar refractivity (Wildman–Crippen MR) is 69.3 cm³/mol. The molecule has 1 saturated heterocycles. The van der Waals surface area contributed by atoms with Gasteiger partial charge in [-0.1, -0.05) is 12.1 Å². The third-order valence-electron chi connectivity index (χ3n) is 3.10. The number of nitrogens with zero attached hydrogens (tertiary/aromatic N) is 1. The molecular formula is C13H16N2O4. The first kappa shape index (κ1) is 13.4. The van der Waals surface area contributed by atoms with Crippen LogP contribution in [0.2, 0.25) is 0 Å². The molecule has 19 heavy (non-hydrogen) atoms. The number of nitrogens with one attached hydrogen (secondary N) is 1. The van der Waals surface area contributed by atoms with Gasteiger partial charge in [0, 0.05) is 13.1 Å². The van der Waals surface area contributed by atoms with Crippen molar-refractivity contribution in [1.29, 1.82) is 0 Å². The summed E-state index contributed by atoms with van der Waals surface area (Å²) in [6, 6.07) is 7.09. The molecule has 0 bridgehead atoms. The van der Waals surface area contributed by atoms with Crippen molar-refractivity contribution in [2.24, 2.45) is 5.92 Å². The van der Waals surface area contributed by atoms with E-state index in [0.717, 1.165) is 0 Å². The Morgan fingerprint density at radius 1 is 1.47 bits per heavy atom. The van der Waals surface area contributed by atoms with Gasteiger partial charge < -0.3 is 20.1 Å². The molecule has 2 N–H and O–H groups in total.